The topological polar surface area (TPSA) is 69.6 Å². The molecule has 0 saturated carbocycles. The third kappa shape index (κ3) is 2.78. The lowest BCUT2D eigenvalue weighted by Crippen LogP contribution is -2.45. The van der Waals surface area contributed by atoms with E-state index in [0.717, 1.165) is 43.5 Å². The number of carbonyl (C=O) groups is 2. The van der Waals surface area contributed by atoms with E-state index < -0.39 is 5.97 Å². The van der Waals surface area contributed by atoms with Gasteiger partial charge < -0.3 is 15.3 Å². The summed E-state index contributed by atoms with van der Waals surface area (Å²) in [5.74, 6) is -0.799. The molecule has 1 unspecified atom stereocenters. The van der Waals surface area contributed by atoms with E-state index >= 15 is 0 Å². The maximum absolute atomic E-state index is 12.7. The number of fused-ring (bicyclic) bond motifs is 1. The van der Waals surface area contributed by atoms with Crippen molar-refractivity contribution >= 4 is 17.6 Å². The third-order valence-corrected chi connectivity index (χ3v) is 4.35. The summed E-state index contributed by atoms with van der Waals surface area (Å²) in [7, 11) is 0. The van der Waals surface area contributed by atoms with Crippen molar-refractivity contribution in [1.29, 1.82) is 0 Å². The number of carbonyl (C=O) groups excluding carboxylic acids is 1. The molecular formula is C16H20N2O3. The van der Waals surface area contributed by atoms with Gasteiger partial charge in [-0.1, -0.05) is 12.8 Å². The van der Waals surface area contributed by atoms with E-state index in [2.05, 4.69) is 5.32 Å². The van der Waals surface area contributed by atoms with Gasteiger partial charge in [-0.25, -0.2) is 4.79 Å². The molecule has 5 heteroatoms. The highest BCUT2D eigenvalue weighted by molar-refractivity contribution is 5.99. The van der Waals surface area contributed by atoms with E-state index in [9.17, 15) is 9.59 Å². The molecular weight excluding hydrogens is 268 g/mol. The molecule has 1 aromatic carbocycles. The monoisotopic (exact) mass is 288 g/mol. The fourth-order valence-electron chi connectivity index (χ4n) is 3.19. The molecule has 21 heavy (non-hydrogen) atoms. The first-order valence-corrected chi connectivity index (χ1v) is 7.58. The molecule has 0 aromatic heterocycles. The lowest BCUT2D eigenvalue weighted by molar-refractivity contribution is -0.120. The second-order valence-electron chi connectivity index (χ2n) is 5.74. The summed E-state index contributed by atoms with van der Waals surface area (Å²) in [4.78, 5) is 25.5. The molecule has 1 atom stereocenters. The van der Waals surface area contributed by atoms with Crippen LogP contribution < -0.4 is 10.2 Å². The number of benzene rings is 1. The van der Waals surface area contributed by atoms with Gasteiger partial charge >= 0.3 is 5.97 Å². The standard InChI is InChI=1S/C16H20N2O3/c19-15(13-4-2-1-3-8-17-13)18-9-7-11-10-12(16(20)21)5-6-14(11)18/h5-6,10,13,17H,1-4,7-9H2,(H,20,21). The van der Waals surface area contributed by atoms with Gasteiger partial charge in [0.1, 0.15) is 0 Å². The molecule has 3 rings (SSSR count). The summed E-state index contributed by atoms with van der Waals surface area (Å²) < 4.78 is 0. The molecule has 2 aliphatic heterocycles. The van der Waals surface area contributed by atoms with Crippen LogP contribution in [0.2, 0.25) is 0 Å². The highest BCUT2D eigenvalue weighted by atomic mass is 16.4. The molecule has 112 valence electrons. The van der Waals surface area contributed by atoms with Crippen molar-refractivity contribution in [2.75, 3.05) is 18.0 Å². The largest absolute Gasteiger partial charge is 0.478 e. The Kier molecular flexibility index (Phi) is 3.92. The third-order valence-electron chi connectivity index (χ3n) is 4.35. The SMILES string of the molecule is O=C(O)c1ccc2c(c1)CCN2C(=O)C1CCCCCN1. The summed E-state index contributed by atoms with van der Waals surface area (Å²) in [5.41, 5.74) is 2.11. The van der Waals surface area contributed by atoms with Gasteiger partial charge in [-0.05, 0) is 49.6 Å². The quantitative estimate of drug-likeness (QED) is 0.870. The number of aromatic carboxylic acids is 1. The van der Waals surface area contributed by atoms with Crippen LogP contribution in [0.5, 0.6) is 0 Å². The van der Waals surface area contributed by atoms with Crippen molar-refractivity contribution in [2.45, 2.75) is 38.1 Å². The minimum absolute atomic E-state index is 0.0994. The van der Waals surface area contributed by atoms with Gasteiger partial charge in [-0.3, -0.25) is 4.79 Å². The van der Waals surface area contributed by atoms with Crippen molar-refractivity contribution in [1.82, 2.24) is 5.32 Å². The van der Waals surface area contributed by atoms with Gasteiger partial charge in [0.2, 0.25) is 5.91 Å². The molecule has 2 aliphatic rings. The predicted octanol–water partition coefficient (Wildman–Crippen LogP) is 1.81. The average Bonchev–Trinajstić information content (AvgIpc) is 2.71. The predicted molar refractivity (Wildman–Crippen MR) is 79.7 cm³/mol. The van der Waals surface area contributed by atoms with Crippen LogP contribution in [0, 0.1) is 0 Å². The van der Waals surface area contributed by atoms with E-state index in [4.69, 9.17) is 5.11 Å². The zero-order chi connectivity index (χ0) is 14.8. The summed E-state index contributed by atoms with van der Waals surface area (Å²) in [6.45, 7) is 1.55. The van der Waals surface area contributed by atoms with Crippen molar-refractivity contribution in [3.8, 4) is 0 Å². The van der Waals surface area contributed by atoms with Gasteiger partial charge in [0.15, 0.2) is 0 Å². The molecule has 2 N–H and O–H groups in total. The van der Waals surface area contributed by atoms with Crippen molar-refractivity contribution < 1.29 is 14.7 Å². The molecule has 0 spiro atoms. The Morgan fingerprint density at radius 3 is 2.90 bits per heavy atom. The van der Waals surface area contributed by atoms with Crippen LogP contribution >= 0.6 is 0 Å². The minimum Gasteiger partial charge on any atom is -0.478 e. The van der Waals surface area contributed by atoms with E-state index in [1.165, 1.54) is 6.42 Å². The number of amides is 1. The molecule has 1 saturated heterocycles. The van der Waals surface area contributed by atoms with Crippen LogP contribution in [0.4, 0.5) is 5.69 Å². The first kappa shape index (κ1) is 14.1. The number of nitrogens with one attached hydrogen (secondary N) is 1. The number of nitrogens with zero attached hydrogens (tertiary/aromatic N) is 1. The normalized spacial score (nSPS) is 21.7. The van der Waals surface area contributed by atoms with E-state index in [1.54, 1.807) is 18.2 Å². The van der Waals surface area contributed by atoms with Crippen LogP contribution in [0.15, 0.2) is 18.2 Å². The molecule has 1 fully saturated rings. The van der Waals surface area contributed by atoms with Crippen LogP contribution in [0.1, 0.15) is 41.6 Å². The molecule has 0 bridgehead atoms. The fourth-order valence-corrected chi connectivity index (χ4v) is 3.19. The van der Waals surface area contributed by atoms with E-state index in [-0.39, 0.29) is 17.5 Å². The smallest absolute Gasteiger partial charge is 0.335 e. The van der Waals surface area contributed by atoms with Gasteiger partial charge in [0, 0.05) is 12.2 Å². The number of anilines is 1. The fraction of sp³-hybridized carbons (Fsp3) is 0.500. The molecule has 5 nitrogen and oxygen atoms in total. The zero-order valence-corrected chi connectivity index (χ0v) is 12.0. The van der Waals surface area contributed by atoms with Gasteiger partial charge in [0.05, 0.1) is 11.6 Å². The number of rotatable bonds is 2. The number of carboxylic acid groups (broad SMARTS) is 1. The molecule has 0 radical (unpaired) electrons. The average molecular weight is 288 g/mol. The second kappa shape index (κ2) is 5.85. The Morgan fingerprint density at radius 1 is 1.24 bits per heavy atom. The summed E-state index contributed by atoms with van der Waals surface area (Å²) >= 11 is 0. The Labute approximate surface area is 123 Å². The van der Waals surface area contributed by atoms with Crippen LogP contribution in [-0.2, 0) is 11.2 Å². The first-order valence-electron chi connectivity index (χ1n) is 7.58. The van der Waals surface area contributed by atoms with Crippen molar-refractivity contribution in [3.05, 3.63) is 29.3 Å². The molecule has 0 aliphatic carbocycles. The van der Waals surface area contributed by atoms with E-state index in [0.29, 0.717) is 6.54 Å². The maximum Gasteiger partial charge on any atom is 0.335 e. The lowest BCUT2D eigenvalue weighted by atomic mass is 10.1. The van der Waals surface area contributed by atoms with Crippen LogP contribution in [0.3, 0.4) is 0 Å². The van der Waals surface area contributed by atoms with Crippen molar-refractivity contribution in [3.63, 3.8) is 0 Å². The second-order valence-corrected chi connectivity index (χ2v) is 5.74. The zero-order valence-electron chi connectivity index (χ0n) is 12.0. The van der Waals surface area contributed by atoms with Crippen molar-refractivity contribution in [2.24, 2.45) is 0 Å². The van der Waals surface area contributed by atoms with Crippen LogP contribution in [0.25, 0.3) is 0 Å². The molecule has 1 amide bonds. The number of hydrogen-bond acceptors (Lipinski definition) is 3. The summed E-state index contributed by atoms with van der Waals surface area (Å²) in [5, 5.41) is 12.4. The molecule has 1 aromatic rings. The Bertz CT molecular complexity index is 563. The molecule has 2 heterocycles. The van der Waals surface area contributed by atoms with Gasteiger partial charge in [-0.15, -0.1) is 0 Å². The van der Waals surface area contributed by atoms with E-state index in [1.807, 2.05) is 4.90 Å². The van der Waals surface area contributed by atoms with Gasteiger partial charge in [-0.2, -0.15) is 0 Å². The summed E-state index contributed by atoms with van der Waals surface area (Å²) in [6.07, 6.45) is 5.01. The highest BCUT2D eigenvalue weighted by Gasteiger charge is 2.30. The number of hydrogen-bond donors (Lipinski definition) is 2. The number of carboxylic acids is 1. The Balaban J connectivity index is 1.80. The highest BCUT2D eigenvalue weighted by Crippen LogP contribution is 2.30. The van der Waals surface area contributed by atoms with Crippen LogP contribution in [-0.4, -0.2) is 36.1 Å². The summed E-state index contributed by atoms with van der Waals surface area (Å²) in [6, 6.07) is 4.93. The van der Waals surface area contributed by atoms with Gasteiger partial charge in [0.25, 0.3) is 0 Å². The maximum atomic E-state index is 12.7. The Hall–Kier alpha value is -1.88. The minimum atomic E-state index is -0.923. The first-order chi connectivity index (χ1) is 10.2. The Morgan fingerprint density at radius 2 is 2.10 bits per heavy atom. The lowest BCUT2D eigenvalue weighted by Gasteiger charge is -2.23.